The first-order chi connectivity index (χ1) is 11.8. The van der Waals surface area contributed by atoms with Crippen molar-refractivity contribution in [3.63, 3.8) is 0 Å². The molecule has 0 saturated carbocycles. The highest BCUT2D eigenvalue weighted by Crippen LogP contribution is 2.12. The number of hydrogen-bond donors (Lipinski definition) is 2. The van der Waals surface area contributed by atoms with Crippen molar-refractivity contribution in [3.8, 4) is 6.07 Å². The molecular weight excluding hydrogens is 346 g/mol. The zero-order valence-electron chi connectivity index (χ0n) is 12.8. The summed E-state index contributed by atoms with van der Waals surface area (Å²) in [5.41, 5.74) is 0.938. The van der Waals surface area contributed by atoms with E-state index < -0.39 is 28.5 Å². The molecule has 2 rings (SSSR count). The first-order valence-corrected chi connectivity index (χ1v) is 8.44. The van der Waals surface area contributed by atoms with Crippen molar-refractivity contribution in [3.05, 3.63) is 59.7 Å². The maximum absolute atomic E-state index is 11.8. The van der Waals surface area contributed by atoms with Gasteiger partial charge in [0.1, 0.15) is 0 Å². The molecule has 0 spiro atoms. The Morgan fingerprint density at radius 3 is 2.20 bits per heavy atom. The first kappa shape index (κ1) is 18.1. The third-order valence-electron chi connectivity index (χ3n) is 3.05. The number of carbonyl (C=O) groups is 2. The van der Waals surface area contributed by atoms with Gasteiger partial charge in [-0.25, -0.2) is 18.4 Å². The Hall–Kier alpha value is -3.22. The van der Waals surface area contributed by atoms with E-state index >= 15 is 0 Å². The zero-order valence-corrected chi connectivity index (χ0v) is 13.6. The highest BCUT2D eigenvalue weighted by Gasteiger charge is 2.11. The van der Waals surface area contributed by atoms with Gasteiger partial charge in [0, 0.05) is 5.69 Å². The van der Waals surface area contributed by atoms with Crippen LogP contribution in [0.3, 0.4) is 0 Å². The van der Waals surface area contributed by atoms with Crippen LogP contribution >= 0.6 is 0 Å². The highest BCUT2D eigenvalue weighted by molar-refractivity contribution is 7.89. The van der Waals surface area contributed by atoms with Crippen LogP contribution < -0.4 is 10.5 Å². The summed E-state index contributed by atoms with van der Waals surface area (Å²) < 4.78 is 27.1. The third-order valence-corrected chi connectivity index (χ3v) is 3.98. The number of nitrogens with two attached hydrogens (primary N) is 1. The van der Waals surface area contributed by atoms with E-state index in [4.69, 9.17) is 15.1 Å². The number of nitriles is 1. The van der Waals surface area contributed by atoms with Crippen molar-refractivity contribution in [2.45, 2.75) is 4.90 Å². The third kappa shape index (κ3) is 5.13. The first-order valence-electron chi connectivity index (χ1n) is 6.89. The van der Waals surface area contributed by atoms with E-state index in [1.165, 1.54) is 48.5 Å². The highest BCUT2D eigenvalue weighted by atomic mass is 32.2. The minimum atomic E-state index is -3.81. The summed E-state index contributed by atoms with van der Waals surface area (Å²) in [4.78, 5) is 23.5. The molecule has 9 heteroatoms. The van der Waals surface area contributed by atoms with Crippen LogP contribution in [-0.4, -0.2) is 26.9 Å². The predicted octanol–water partition coefficient (Wildman–Crippen LogP) is 1.00. The summed E-state index contributed by atoms with van der Waals surface area (Å²) in [6.45, 7) is -0.518. The summed E-state index contributed by atoms with van der Waals surface area (Å²) in [7, 11) is -3.81. The number of carbonyl (C=O) groups excluding carboxylic acids is 2. The van der Waals surface area contributed by atoms with Gasteiger partial charge in [-0.2, -0.15) is 5.26 Å². The van der Waals surface area contributed by atoms with Crippen LogP contribution in [0.2, 0.25) is 0 Å². The van der Waals surface area contributed by atoms with Crippen LogP contribution in [-0.2, 0) is 19.6 Å². The van der Waals surface area contributed by atoms with Gasteiger partial charge in [-0.1, -0.05) is 0 Å². The lowest BCUT2D eigenvalue weighted by atomic mass is 10.1. The van der Waals surface area contributed by atoms with Crippen molar-refractivity contribution in [2.75, 3.05) is 11.9 Å². The average molecular weight is 359 g/mol. The number of ether oxygens (including phenoxy) is 1. The Balaban J connectivity index is 1.89. The lowest BCUT2D eigenvalue weighted by Gasteiger charge is -2.07. The molecule has 3 N–H and O–H groups in total. The van der Waals surface area contributed by atoms with E-state index in [0.29, 0.717) is 11.3 Å². The number of nitrogens with one attached hydrogen (secondary N) is 1. The smallest absolute Gasteiger partial charge is 0.338 e. The topological polar surface area (TPSA) is 139 Å². The minimum absolute atomic E-state index is 0.0854. The van der Waals surface area contributed by atoms with Crippen LogP contribution in [0.5, 0.6) is 0 Å². The second-order valence-electron chi connectivity index (χ2n) is 4.88. The van der Waals surface area contributed by atoms with Crippen LogP contribution in [0.25, 0.3) is 0 Å². The van der Waals surface area contributed by atoms with E-state index in [2.05, 4.69) is 5.32 Å². The molecule has 2 aromatic carbocycles. The maximum atomic E-state index is 11.8. The SMILES string of the molecule is N#Cc1ccc(C(=O)OCC(=O)Nc2ccc(S(N)(=O)=O)cc2)cc1. The molecule has 0 atom stereocenters. The molecule has 0 fully saturated rings. The molecule has 128 valence electrons. The molecule has 0 saturated heterocycles. The monoisotopic (exact) mass is 359 g/mol. The Kier molecular flexibility index (Phi) is 5.49. The van der Waals surface area contributed by atoms with Gasteiger partial charge in [0.15, 0.2) is 6.61 Å². The van der Waals surface area contributed by atoms with Crippen LogP contribution in [0.1, 0.15) is 15.9 Å². The number of sulfonamides is 1. The lowest BCUT2D eigenvalue weighted by Crippen LogP contribution is -2.21. The normalized spacial score (nSPS) is 10.6. The number of esters is 1. The predicted molar refractivity (Wildman–Crippen MR) is 87.9 cm³/mol. The number of nitrogens with zero attached hydrogens (tertiary/aromatic N) is 1. The molecule has 0 aromatic heterocycles. The summed E-state index contributed by atoms with van der Waals surface area (Å²) >= 11 is 0. The molecule has 8 nitrogen and oxygen atoms in total. The molecule has 0 bridgehead atoms. The van der Waals surface area contributed by atoms with Gasteiger partial charge in [-0.05, 0) is 48.5 Å². The zero-order chi connectivity index (χ0) is 18.4. The van der Waals surface area contributed by atoms with Crippen molar-refractivity contribution in [1.82, 2.24) is 0 Å². The van der Waals surface area contributed by atoms with Gasteiger partial charge in [0.25, 0.3) is 5.91 Å². The van der Waals surface area contributed by atoms with Crippen LogP contribution in [0.15, 0.2) is 53.4 Å². The van der Waals surface area contributed by atoms with Crippen LogP contribution in [0, 0.1) is 11.3 Å². The summed E-state index contributed by atoms with van der Waals surface area (Å²) in [5, 5.41) is 16.1. The second-order valence-corrected chi connectivity index (χ2v) is 6.44. The van der Waals surface area contributed by atoms with E-state index in [0.717, 1.165) is 0 Å². The average Bonchev–Trinajstić information content (AvgIpc) is 2.59. The van der Waals surface area contributed by atoms with E-state index in [-0.39, 0.29) is 10.5 Å². The van der Waals surface area contributed by atoms with Gasteiger partial charge < -0.3 is 10.1 Å². The molecule has 0 radical (unpaired) electrons. The molecule has 0 heterocycles. The Morgan fingerprint density at radius 2 is 1.68 bits per heavy atom. The van der Waals surface area contributed by atoms with E-state index in [1.807, 2.05) is 6.07 Å². The van der Waals surface area contributed by atoms with Gasteiger partial charge >= 0.3 is 5.97 Å². The number of hydrogen-bond acceptors (Lipinski definition) is 6. The molecule has 0 aliphatic rings. The molecule has 2 aromatic rings. The minimum Gasteiger partial charge on any atom is -0.452 e. The number of benzene rings is 2. The fourth-order valence-electron chi connectivity index (χ4n) is 1.82. The molecule has 0 aliphatic carbocycles. The lowest BCUT2D eigenvalue weighted by molar-refractivity contribution is -0.119. The van der Waals surface area contributed by atoms with Gasteiger partial charge in [-0.15, -0.1) is 0 Å². The van der Waals surface area contributed by atoms with Crippen molar-refractivity contribution in [2.24, 2.45) is 5.14 Å². The Morgan fingerprint density at radius 1 is 1.08 bits per heavy atom. The van der Waals surface area contributed by atoms with Crippen molar-refractivity contribution >= 4 is 27.6 Å². The fraction of sp³-hybridized carbons (Fsp3) is 0.0625. The molecule has 25 heavy (non-hydrogen) atoms. The quantitative estimate of drug-likeness (QED) is 0.763. The molecule has 1 amide bonds. The van der Waals surface area contributed by atoms with Crippen LogP contribution in [0.4, 0.5) is 5.69 Å². The van der Waals surface area contributed by atoms with E-state index in [1.54, 1.807) is 0 Å². The van der Waals surface area contributed by atoms with Gasteiger partial charge in [-0.3, -0.25) is 4.79 Å². The summed E-state index contributed by atoms with van der Waals surface area (Å²) in [5.74, 6) is -1.30. The summed E-state index contributed by atoms with van der Waals surface area (Å²) in [6.07, 6.45) is 0. The van der Waals surface area contributed by atoms with Crippen molar-refractivity contribution in [1.29, 1.82) is 5.26 Å². The van der Waals surface area contributed by atoms with Crippen molar-refractivity contribution < 1.29 is 22.7 Å². The molecule has 0 unspecified atom stereocenters. The molecule has 0 aliphatic heterocycles. The Bertz CT molecular complexity index is 929. The second kappa shape index (κ2) is 7.57. The van der Waals surface area contributed by atoms with E-state index in [9.17, 15) is 18.0 Å². The number of rotatable bonds is 5. The summed E-state index contributed by atoms with van der Waals surface area (Å²) in [6, 6.07) is 12.9. The number of primary sulfonamides is 1. The Labute approximate surface area is 143 Å². The van der Waals surface area contributed by atoms with Gasteiger partial charge in [0.2, 0.25) is 10.0 Å². The largest absolute Gasteiger partial charge is 0.452 e. The van der Waals surface area contributed by atoms with Gasteiger partial charge in [0.05, 0.1) is 22.1 Å². The standard InChI is InChI=1S/C16H13N3O5S/c17-9-11-1-3-12(4-2-11)16(21)24-10-15(20)19-13-5-7-14(8-6-13)25(18,22)23/h1-8H,10H2,(H,19,20)(H2,18,22,23). The number of anilines is 1. The maximum Gasteiger partial charge on any atom is 0.338 e. The fourth-order valence-corrected chi connectivity index (χ4v) is 2.34. The molecular formula is C16H13N3O5S. The number of amides is 1.